The number of terminal acetylenes is 1. The molecule has 0 aliphatic carbocycles. The fraction of sp³-hybridized carbons (Fsp3) is 0.100. The van der Waals surface area contributed by atoms with Crippen LogP contribution in [0.2, 0.25) is 0 Å². The van der Waals surface area contributed by atoms with Gasteiger partial charge >= 0.3 is 5.69 Å². The molecule has 0 aliphatic rings. The van der Waals surface area contributed by atoms with E-state index >= 15 is 0 Å². The molecule has 1 N–H and O–H groups in total. The Balaban J connectivity index is 2.99. The fourth-order valence-electron chi connectivity index (χ4n) is 1.03. The molecule has 1 rings (SSSR count). The Morgan fingerprint density at radius 2 is 2.31 bits per heavy atom. The fourth-order valence-corrected chi connectivity index (χ4v) is 1.03. The van der Waals surface area contributed by atoms with E-state index in [1.54, 1.807) is 0 Å². The summed E-state index contributed by atoms with van der Waals surface area (Å²) in [5.41, 5.74) is -0.753. The van der Waals surface area contributed by atoms with Crippen molar-refractivity contribution in [2.75, 3.05) is 6.54 Å². The van der Waals surface area contributed by atoms with Crippen LogP contribution in [-0.4, -0.2) is 17.4 Å². The molecule has 16 heavy (non-hydrogen) atoms. The molecule has 6 heteroatoms. The minimum atomic E-state index is -0.988. The second kappa shape index (κ2) is 4.89. The quantitative estimate of drug-likeness (QED) is 0.472. The number of carbonyl (C=O) groups is 1. The predicted octanol–water partition coefficient (Wildman–Crippen LogP) is 1.10. The molecule has 0 saturated heterocycles. The topological polar surface area (TPSA) is 72.2 Å². The minimum Gasteiger partial charge on any atom is -0.341 e. The van der Waals surface area contributed by atoms with Gasteiger partial charge in [-0.25, -0.2) is 0 Å². The van der Waals surface area contributed by atoms with Crippen molar-refractivity contribution in [2.45, 2.75) is 0 Å². The van der Waals surface area contributed by atoms with Crippen molar-refractivity contribution in [1.82, 2.24) is 5.32 Å². The monoisotopic (exact) mass is 222 g/mol. The van der Waals surface area contributed by atoms with Crippen molar-refractivity contribution in [3.63, 3.8) is 0 Å². The molecule has 0 heterocycles. The molecule has 0 fully saturated rings. The van der Waals surface area contributed by atoms with Crippen molar-refractivity contribution >= 4 is 11.6 Å². The third-order valence-corrected chi connectivity index (χ3v) is 1.76. The Kier molecular flexibility index (Phi) is 3.56. The first-order valence-corrected chi connectivity index (χ1v) is 4.22. The van der Waals surface area contributed by atoms with Gasteiger partial charge < -0.3 is 5.32 Å². The Labute approximate surface area is 90.4 Å². The molecule has 0 spiro atoms. The summed E-state index contributed by atoms with van der Waals surface area (Å²) in [5.74, 6) is 0.607. The van der Waals surface area contributed by atoms with Crippen molar-refractivity contribution in [3.8, 4) is 12.3 Å². The second-order valence-electron chi connectivity index (χ2n) is 2.81. The molecule has 1 aromatic rings. The zero-order valence-corrected chi connectivity index (χ0v) is 8.07. The van der Waals surface area contributed by atoms with Gasteiger partial charge in [0.15, 0.2) is 0 Å². The van der Waals surface area contributed by atoms with E-state index in [0.29, 0.717) is 0 Å². The van der Waals surface area contributed by atoms with Crippen LogP contribution < -0.4 is 5.32 Å². The Hall–Kier alpha value is -2.42. The number of amides is 1. The Bertz CT molecular complexity index is 479. The van der Waals surface area contributed by atoms with Gasteiger partial charge in [-0.3, -0.25) is 14.9 Å². The summed E-state index contributed by atoms with van der Waals surface area (Å²) >= 11 is 0. The van der Waals surface area contributed by atoms with Gasteiger partial charge in [0, 0.05) is 11.6 Å². The molecule has 82 valence electrons. The number of halogens is 1. The molecule has 0 saturated carbocycles. The number of nitrogens with zero attached hydrogens (tertiary/aromatic N) is 1. The summed E-state index contributed by atoms with van der Waals surface area (Å²) < 4.78 is 12.9. The van der Waals surface area contributed by atoms with Crippen LogP contribution in [0, 0.1) is 28.3 Å². The summed E-state index contributed by atoms with van der Waals surface area (Å²) in [5, 5.41) is 12.7. The van der Waals surface area contributed by atoms with Crippen LogP contribution in [0.15, 0.2) is 18.2 Å². The highest BCUT2D eigenvalue weighted by atomic mass is 19.1. The molecular weight excluding hydrogens is 215 g/mol. The predicted molar refractivity (Wildman–Crippen MR) is 54.2 cm³/mol. The summed E-state index contributed by atoms with van der Waals surface area (Å²) in [6.07, 6.45) is 4.92. The molecule has 0 bridgehead atoms. The normalized spacial score (nSPS) is 9.25. The van der Waals surface area contributed by atoms with Gasteiger partial charge in [0.05, 0.1) is 11.5 Å². The highest BCUT2D eigenvalue weighted by Gasteiger charge is 2.16. The number of hydrogen-bond acceptors (Lipinski definition) is 3. The van der Waals surface area contributed by atoms with Crippen LogP contribution in [0.5, 0.6) is 0 Å². The van der Waals surface area contributed by atoms with Gasteiger partial charge in [0.25, 0.3) is 5.91 Å². The van der Waals surface area contributed by atoms with Crippen LogP contribution in [-0.2, 0) is 0 Å². The third-order valence-electron chi connectivity index (χ3n) is 1.76. The number of nitro benzene ring substituents is 1. The van der Waals surface area contributed by atoms with Crippen molar-refractivity contribution < 1.29 is 14.1 Å². The van der Waals surface area contributed by atoms with Crippen LogP contribution in [0.4, 0.5) is 10.1 Å². The first kappa shape index (κ1) is 11.7. The van der Waals surface area contributed by atoms with E-state index in [0.717, 1.165) is 18.2 Å². The lowest BCUT2D eigenvalue weighted by Gasteiger charge is -2.01. The van der Waals surface area contributed by atoms with E-state index < -0.39 is 22.3 Å². The number of nitrogens with one attached hydrogen (secondary N) is 1. The number of rotatable bonds is 3. The maximum Gasteiger partial charge on any atom is 0.305 e. The van der Waals surface area contributed by atoms with Crippen LogP contribution >= 0.6 is 0 Å². The zero-order valence-electron chi connectivity index (χ0n) is 8.07. The standard InChI is InChI=1S/C10H7FN2O3/c1-2-5-12-10(14)7-3-4-8(11)9(6-7)13(15)16/h1,3-4,6H,5H2,(H,12,14). The lowest BCUT2D eigenvalue weighted by molar-refractivity contribution is -0.387. The number of benzene rings is 1. The first-order chi connectivity index (χ1) is 7.56. The highest BCUT2D eigenvalue weighted by molar-refractivity contribution is 5.94. The van der Waals surface area contributed by atoms with E-state index in [1.165, 1.54) is 0 Å². The average molecular weight is 222 g/mol. The Morgan fingerprint density at radius 3 is 2.88 bits per heavy atom. The minimum absolute atomic E-state index is 0.00398. The molecule has 0 atom stereocenters. The summed E-state index contributed by atoms with van der Waals surface area (Å²) in [4.78, 5) is 20.9. The zero-order chi connectivity index (χ0) is 12.1. The average Bonchev–Trinajstić information content (AvgIpc) is 2.26. The van der Waals surface area contributed by atoms with Crippen LogP contribution in [0.1, 0.15) is 10.4 Å². The SMILES string of the molecule is C#CCNC(=O)c1ccc(F)c([N+](=O)[O-])c1. The van der Waals surface area contributed by atoms with E-state index in [-0.39, 0.29) is 12.1 Å². The van der Waals surface area contributed by atoms with Gasteiger partial charge in [0.2, 0.25) is 5.82 Å². The van der Waals surface area contributed by atoms with Gasteiger partial charge in [-0.15, -0.1) is 6.42 Å². The van der Waals surface area contributed by atoms with Gasteiger partial charge in [-0.1, -0.05) is 5.92 Å². The molecular formula is C10H7FN2O3. The van der Waals surface area contributed by atoms with Gasteiger partial charge in [-0.2, -0.15) is 4.39 Å². The maximum absolute atomic E-state index is 12.9. The largest absolute Gasteiger partial charge is 0.341 e. The molecule has 1 amide bonds. The van der Waals surface area contributed by atoms with E-state index in [9.17, 15) is 19.3 Å². The molecule has 0 aliphatic heterocycles. The molecule has 0 unspecified atom stereocenters. The molecule has 1 aromatic carbocycles. The molecule has 0 radical (unpaired) electrons. The van der Waals surface area contributed by atoms with E-state index in [4.69, 9.17) is 6.42 Å². The highest BCUT2D eigenvalue weighted by Crippen LogP contribution is 2.18. The lowest BCUT2D eigenvalue weighted by atomic mass is 10.2. The van der Waals surface area contributed by atoms with E-state index in [2.05, 4.69) is 11.2 Å². The number of hydrogen-bond donors (Lipinski definition) is 1. The maximum atomic E-state index is 12.9. The smallest absolute Gasteiger partial charge is 0.305 e. The summed E-state index contributed by atoms with van der Waals surface area (Å²) in [6, 6.07) is 2.87. The van der Waals surface area contributed by atoms with Crippen LogP contribution in [0.25, 0.3) is 0 Å². The molecule has 5 nitrogen and oxygen atoms in total. The van der Waals surface area contributed by atoms with Crippen molar-refractivity contribution in [1.29, 1.82) is 0 Å². The van der Waals surface area contributed by atoms with Gasteiger partial charge in [0.1, 0.15) is 0 Å². The second-order valence-corrected chi connectivity index (χ2v) is 2.81. The van der Waals surface area contributed by atoms with E-state index in [1.807, 2.05) is 0 Å². The van der Waals surface area contributed by atoms with Crippen LogP contribution in [0.3, 0.4) is 0 Å². The van der Waals surface area contributed by atoms with Crippen molar-refractivity contribution in [2.24, 2.45) is 0 Å². The first-order valence-electron chi connectivity index (χ1n) is 4.22. The van der Waals surface area contributed by atoms with Crippen molar-refractivity contribution in [3.05, 3.63) is 39.7 Å². The Morgan fingerprint density at radius 1 is 1.62 bits per heavy atom. The number of carbonyl (C=O) groups excluding carboxylic acids is 1. The number of nitro groups is 1. The summed E-state index contributed by atoms with van der Waals surface area (Å²) in [7, 11) is 0. The van der Waals surface area contributed by atoms with Gasteiger partial charge in [-0.05, 0) is 12.1 Å². The third kappa shape index (κ3) is 2.54. The lowest BCUT2D eigenvalue weighted by Crippen LogP contribution is -2.23. The molecule has 0 aromatic heterocycles. The summed E-state index contributed by atoms with van der Waals surface area (Å²) in [6.45, 7) is 0.00398.